The lowest BCUT2D eigenvalue weighted by atomic mass is 10.2. The third kappa shape index (κ3) is 6.03. The molecule has 0 saturated carbocycles. The molecule has 1 heterocycles. The number of rotatable bonds is 10. The van der Waals surface area contributed by atoms with E-state index >= 15 is 0 Å². The molecule has 2 amide bonds. The number of nitriles is 1. The van der Waals surface area contributed by atoms with Gasteiger partial charge >= 0.3 is 0 Å². The molecule has 154 valence electrons. The molecule has 7 nitrogen and oxygen atoms in total. The topological polar surface area (TPSA) is 98.1 Å². The summed E-state index contributed by atoms with van der Waals surface area (Å²) in [6.07, 6.45) is 0.442. The average molecular weight is 422 g/mol. The standard InChI is InChI=1S/C22H23N5O2S/c23-13-6-16-27(17-7-2-1-3-8-17)21(29)12-11-20(28)24-14-15-25-22-26-18-9-4-5-10-19(18)30-22/h1-5,7-10H,6,11-12,14-16H2,(H,24,28)(H,25,26). The van der Waals surface area contributed by atoms with Gasteiger partial charge in [0.2, 0.25) is 11.8 Å². The van der Waals surface area contributed by atoms with Crippen molar-refractivity contribution in [3.05, 3.63) is 54.6 Å². The van der Waals surface area contributed by atoms with Crippen molar-refractivity contribution in [3.8, 4) is 6.07 Å². The largest absolute Gasteiger partial charge is 0.360 e. The van der Waals surface area contributed by atoms with Crippen LogP contribution in [0.1, 0.15) is 19.3 Å². The molecule has 0 atom stereocenters. The number of nitrogens with one attached hydrogen (secondary N) is 2. The number of amides is 2. The molecule has 0 bridgehead atoms. The first kappa shape index (κ1) is 21.3. The molecule has 0 radical (unpaired) electrons. The zero-order valence-electron chi connectivity index (χ0n) is 16.5. The van der Waals surface area contributed by atoms with Crippen LogP contribution in [0, 0.1) is 11.3 Å². The highest BCUT2D eigenvalue weighted by Gasteiger charge is 2.16. The summed E-state index contributed by atoms with van der Waals surface area (Å²) >= 11 is 1.57. The van der Waals surface area contributed by atoms with Crippen molar-refractivity contribution in [2.24, 2.45) is 0 Å². The van der Waals surface area contributed by atoms with Gasteiger partial charge in [-0.25, -0.2) is 4.98 Å². The van der Waals surface area contributed by atoms with Crippen LogP contribution < -0.4 is 15.5 Å². The molecule has 2 aromatic carbocycles. The molecule has 30 heavy (non-hydrogen) atoms. The number of aromatic nitrogens is 1. The summed E-state index contributed by atoms with van der Waals surface area (Å²) in [7, 11) is 0. The number of anilines is 2. The van der Waals surface area contributed by atoms with Gasteiger partial charge in [0, 0.05) is 38.2 Å². The molecule has 0 unspecified atom stereocenters. The lowest BCUT2D eigenvalue weighted by Crippen LogP contribution is -2.34. The first-order valence-corrected chi connectivity index (χ1v) is 10.6. The Kier molecular flexibility index (Phi) is 7.75. The van der Waals surface area contributed by atoms with E-state index in [0.29, 0.717) is 19.6 Å². The van der Waals surface area contributed by atoms with Crippen LogP contribution in [0.5, 0.6) is 0 Å². The van der Waals surface area contributed by atoms with Crippen LogP contribution in [0.15, 0.2) is 54.6 Å². The summed E-state index contributed by atoms with van der Waals surface area (Å²) < 4.78 is 1.11. The highest BCUT2D eigenvalue weighted by Crippen LogP contribution is 2.24. The number of nitrogens with zero attached hydrogens (tertiary/aromatic N) is 3. The SMILES string of the molecule is N#CCCN(C(=O)CCC(=O)NCCNc1nc2ccccc2s1)c1ccccc1. The second-order valence-electron chi connectivity index (χ2n) is 6.55. The van der Waals surface area contributed by atoms with Crippen molar-refractivity contribution in [2.45, 2.75) is 19.3 Å². The Morgan fingerprint density at radius 2 is 1.80 bits per heavy atom. The van der Waals surface area contributed by atoms with Crippen LogP contribution in [-0.4, -0.2) is 36.4 Å². The van der Waals surface area contributed by atoms with Crippen molar-refractivity contribution >= 4 is 44.2 Å². The van der Waals surface area contributed by atoms with E-state index in [2.05, 4.69) is 21.7 Å². The molecule has 0 saturated heterocycles. The molecular weight excluding hydrogens is 398 g/mol. The fourth-order valence-corrected chi connectivity index (χ4v) is 3.82. The second-order valence-corrected chi connectivity index (χ2v) is 7.58. The van der Waals surface area contributed by atoms with Crippen LogP contribution >= 0.6 is 11.3 Å². The quantitative estimate of drug-likeness (QED) is 0.488. The number of carbonyl (C=O) groups excluding carboxylic acids is 2. The molecule has 3 aromatic rings. The first-order chi connectivity index (χ1) is 14.7. The summed E-state index contributed by atoms with van der Waals surface area (Å²) in [5, 5.41) is 15.7. The maximum Gasteiger partial charge on any atom is 0.227 e. The van der Waals surface area contributed by atoms with E-state index in [9.17, 15) is 9.59 Å². The van der Waals surface area contributed by atoms with Gasteiger partial charge in [-0.3, -0.25) is 9.59 Å². The number of carbonyl (C=O) groups is 2. The van der Waals surface area contributed by atoms with Gasteiger partial charge in [-0.1, -0.05) is 41.7 Å². The zero-order valence-corrected chi connectivity index (χ0v) is 17.3. The van der Waals surface area contributed by atoms with Gasteiger partial charge in [-0.2, -0.15) is 5.26 Å². The van der Waals surface area contributed by atoms with Gasteiger partial charge in [0.25, 0.3) is 0 Å². The Balaban J connectivity index is 1.40. The number of hydrogen-bond donors (Lipinski definition) is 2. The van der Waals surface area contributed by atoms with E-state index in [4.69, 9.17) is 5.26 Å². The van der Waals surface area contributed by atoms with Gasteiger partial charge in [0.1, 0.15) is 0 Å². The Morgan fingerprint density at radius 1 is 1.03 bits per heavy atom. The summed E-state index contributed by atoms with van der Waals surface area (Å²) in [5.41, 5.74) is 1.69. The Morgan fingerprint density at radius 3 is 2.57 bits per heavy atom. The highest BCUT2D eigenvalue weighted by molar-refractivity contribution is 7.22. The number of hydrogen-bond acceptors (Lipinski definition) is 6. The molecule has 0 aliphatic heterocycles. The fraction of sp³-hybridized carbons (Fsp3) is 0.273. The molecule has 0 spiro atoms. The van der Waals surface area contributed by atoms with E-state index in [1.807, 2.05) is 54.6 Å². The molecular formula is C22H23N5O2S. The summed E-state index contributed by atoms with van der Waals surface area (Å²) in [6.45, 7) is 1.31. The van der Waals surface area contributed by atoms with Crippen LogP contribution in [-0.2, 0) is 9.59 Å². The monoisotopic (exact) mass is 421 g/mol. The van der Waals surface area contributed by atoms with Crippen LogP contribution in [0.3, 0.4) is 0 Å². The third-order valence-electron chi connectivity index (χ3n) is 4.40. The van der Waals surface area contributed by atoms with E-state index in [0.717, 1.165) is 21.0 Å². The minimum atomic E-state index is -0.178. The van der Waals surface area contributed by atoms with E-state index in [1.165, 1.54) is 0 Å². The molecule has 0 aliphatic rings. The summed E-state index contributed by atoms with van der Waals surface area (Å²) in [6, 6.07) is 19.2. The number of thiazole rings is 1. The first-order valence-electron chi connectivity index (χ1n) is 9.76. The smallest absolute Gasteiger partial charge is 0.227 e. The molecule has 3 rings (SSSR count). The van der Waals surface area contributed by atoms with Crippen LogP contribution in [0.25, 0.3) is 10.2 Å². The molecule has 8 heteroatoms. The van der Waals surface area contributed by atoms with Crippen molar-refractivity contribution < 1.29 is 9.59 Å². The minimum Gasteiger partial charge on any atom is -0.360 e. The van der Waals surface area contributed by atoms with E-state index < -0.39 is 0 Å². The second kappa shape index (κ2) is 10.9. The van der Waals surface area contributed by atoms with Gasteiger partial charge in [0.05, 0.1) is 22.7 Å². The molecule has 2 N–H and O–H groups in total. The Bertz CT molecular complexity index is 996. The maximum absolute atomic E-state index is 12.6. The minimum absolute atomic E-state index is 0.0947. The molecule has 0 fully saturated rings. The molecule has 0 aliphatic carbocycles. The number of fused-ring (bicyclic) bond motifs is 1. The summed E-state index contributed by atoms with van der Waals surface area (Å²) in [5.74, 6) is -0.345. The Labute approximate surface area is 179 Å². The van der Waals surface area contributed by atoms with Crippen molar-refractivity contribution in [2.75, 3.05) is 29.9 Å². The van der Waals surface area contributed by atoms with Gasteiger partial charge in [0.15, 0.2) is 5.13 Å². The predicted molar refractivity (Wildman–Crippen MR) is 119 cm³/mol. The average Bonchev–Trinajstić information content (AvgIpc) is 3.19. The van der Waals surface area contributed by atoms with Crippen molar-refractivity contribution in [1.82, 2.24) is 10.3 Å². The molecule has 1 aromatic heterocycles. The van der Waals surface area contributed by atoms with Gasteiger partial charge in [-0.15, -0.1) is 0 Å². The zero-order chi connectivity index (χ0) is 21.2. The normalized spacial score (nSPS) is 10.4. The fourth-order valence-electron chi connectivity index (χ4n) is 2.93. The maximum atomic E-state index is 12.6. The van der Waals surface area contributed by atoms with Crippen molar-refractivity contribution in [1.29, 1.82) is 5.26 Å². The van der Waals surface area contributed by atoms with Gasteiger partial charge < -0.3 is 15.5 Å². The van der Waals surface area contributed by atoms with Crippen LogP contribution in [0.2, 0.25) is 0 Å². The van der Waals surface area contributed by atoms with E-state index in [-0.39, 0.29) is 31.1 Å². The number of para-hydroxylation sites is 2. The van der Waals surface area contributed by atoms with E-state index in [1.54, 1.807) is 16.2 Å². The van der Waals surface area contributed by atoms with Crippen LogP contribution in [0.4, 0.5) is 10.8 Å². The number of benzene rings is 2. The Hall–Kier alpha value is -3.44. The highest BCUT2D eigenvalue weighted by atomic mass is 32.1. The lowest BCUT2D eigenvalue weighted by Gasteiger charge is -2.21. The van der Waals surface area contributed by atoms with Crippen molar-refractivity contribution in [3.63, 3.8) is 0 Å². The third-order valence-corrected chi connectivity index (χ3v) is 5.39. The summed E-state index contributed by atoms with van der Waals surface area (Å²) in [4.78, 5) is 30.7. The lowest BCUT2D eigenvalue weighted by molar-refractivity contribution is -0.125. The predicted octanol–water partition coefficient (Wildman–Crippen LogP) is 3.55. The van der Waals surface area contributed by atoms with Gasteiger partial charge in [-0.05, 0) is 24.3 Å².